The molecule has 2 aromatic rings. The van der Waals surface area contributed by atoms with Crippen LogP contribution in [-0.4, -0.2) is 48.0 Å². The highest BCUT2D eigenvalue weighted by molar-refractivity contribution is 6.30. The van der Waals surface area contributed by atoms with Crippen molar-refractivity contribution in [3.63, 3.8) is 0 Å². The molecule has 0 radical (unpaired) electrons. The standard InChI is InChI=1S/C20H23ClN2O2/c1-16(25-19-9-7-18(21)8-10-19)20(24)23-13-11-22(12-14-23)15-17-5-3-2-4-6-17/h2-10,16H,11-15H2,1H3/t16-/m1/s1. The molecule has 5 heteroatoms. The van der Waals surface area contributed by atoms with E-state index in [0.29, 0.717) is 10.8 Å². The van der Waals surface area contributed by atoms with E-state index in [9.17, 15) is 4.79 Å². The Hall–Kier alpha value is -2.04. The second-order valence-corrected chi connectivity index (χ2v) is 6.74. The van der Waals surface area contributed by atoms with E-state index < -0.39 is 6.10 Å². The molecule has 2 aromatic carbocycles. The summed E-state index contributed by atoms with van der Waals surface area (Å²) in [5.74, 6) is 0.697. The van der Waals surface area contributed by atoms with E-state index in [4.69, 9.17) is 16.3 Å². The lowest BCUT2D eigenvalue weighted by Gasteiger charge is -2.35. The smallest absolute Gasteiger partial charge is 0.263 e. The first-order chi connectivity index (χ1) is 12.1. The van der Waals surface area contributed by atoms with Gasteiger partial charge in [-0.1, -0.05) is 41.9 Å². The SMILES string of the molecule is C[C@@H](Oc1ccc(Cl)cc1)C(=O)N1CCN(Cc2ccccc2)CC1. The Kier molecular flexibility index (Phi) is 5.95. The van der Waals surface area contributed by atoms with E-state index in [0.717, 1.165) is 32.7 Å². The Balaban J connectivity index is 1.48. The third-order valence-corrected chi connectivity index (χ3v) is 4.66. The number of nitrogens with zero attached hydrogens (tertiary/aromatic N) is 2. The highest BCUT2D eigenvalue weighted by Crippen LogP contribution is 2.18. The summed E-state index contributed by atoms with van der Waals surface area (Å²) in [6, 6.07) is 17.5. The van der Waals surface area contributed by atoms with Crippen LogP contribution in [0.2, 0.25) is 5.02 Å². The summed E-state index contributed by atoms with van der Waals surface area (Å²) in [6.45, 7) is 5.97. The third-order valence-electron chi connectivity index (χ3n) is 4.41. The van der Waals surface area contributed by atoms with Gasteiger partial charge in [-0.05, 0) is 36.8 Å². The molecular formula is C20H23ClN2O2. The van der Waals surface area contributed by atoms with Gasteiger partial charge in [-0.25, -0.2) is 0 Å². The quantitative estimate of drug-likeness (QED) is 0.820. The van der Waals surface area contributed by atoms with Gasteiger partial charge >= 0.3 is 0 Å². The molecule has 1 atom stereocenters. The lowest BCUT2D eigenvalue weighted by Crippen LogP contribution is -2.51. The van der Waals surface area contributed by atoms with Gasteiger partial charge in [0.05, 0.1) is 0 Å². The lowest BCUT2D eigenvalue weighted by molar-refractivity contribution is -0.139. The minimum atomic E-state index is -0.498. The van der Waals surface area contributed by atoms with Gasteiger partial charge in [-0.2, -0.15) is 0 Å². The fourth-order valence-corrected chi connectivity index (χ4v) is 3.12. The van der Waals surface area contributed by atoms with Gasteiger partial charge in [0.25, 0.3) is 5.91 Å². The number of amides is 1. The number of piperazine rings is 1. The summed E-state index contributed by atoms with van der Waals surface area (Å²) < 4.78 is 5.74. The molecule has 1 aliphatic rings. The van der Waals surface area contributed by atoms with E-state index in [1.54, 1.807) is 31.2 Å². The topological polar surface area (TPSA) is 32.8 Å². The Morgan fingerprint density at radius 3 is 2.32 bits per heavy atom. The first kappa shape index (κ1) is 17.8. The summed E-state index contributed by atoms with van der Waals surface area (Å²) in [6.07, 6.45) is -0.498. The molecule has 1 saturated heterocycles. The Morgan fingerprint density at radius 2 is 1.68 bits per heavy atom. The Morgan fingerprint density at radius 1 is 1.04 bits per heavy atom. The van der Waals surface area contributed by atoms with Crippen LogP contribution in [0.5, 0.6) is 5.75 Å². The van der Waals surface area contributed by atoms with Gasteiger partial charge in [-0.3, -0.25) is 9.69 Å². The molecule has 1 aliphatic heterocycles. The van der Waals surface area contributed by atoms with Crippen LogP contribution in [0.25, 0.3) is 0 Å². The molecular weight excluding hydrogens is 336 g/mol. The average molecular weight is 359 g/mol. The zero-order valence-electron chi connectivity index (χ0n) is 14.4. The number of carbonyl (C=O) groups is 1. The number of benzene rings is 2. The van der Waals surface area contributed by atoms with Crippen molar-refractivity contribution in [3.05, 3.63) is 65.2 Å². The maximum Gasteiger partial charge on any atom is 0.263 e. The first-order valence-electron chi connectivity index (χ1n) is 8.59. The summed E-state index contributed by atoms with van der Waals surface area (Å²) in [4.78, 5) is 16.9. The van der Waals surface area contributed by atoms with Gasteiger partial charge in [0.15, 0.2) is 6.10 Å². The predicted octanol–water partition coefficient (Wildman–Crippen LogP) is 3.45. The lowest BCUT2D eigenvalue weighted by atomic mass is 10.2. The van der Waals surface area contributed by atoms with Crippen LogP contribution in [0, 0.1) is 0 Å². The maximum atomic E-state index is 12.6. The maximum absolute atomic E-state index is 12.6. The Bertz CT molecular complexity index is 683. The average Bonchev–Trinajstić information content (AvgIpc) is 2.64. The predicted molar refractivity (Wildman–Crippen MR) is 99.8 cm³/mol. The molecule has 0 unspecified atom stereocenters. The van der Waals surface area contributed by atoms with Crippen molar-refractivity contribution in [2.45, 2.75) is 19.6 Å². The summed E-state index contributed by atoms with van der Waals surface area (Å²) in [5, 5.41) is 0.654. The van der Waals surface area contributed by atoms with Gasteiger partial charge in [0.2, 0.25) is 0 Å². The van der Waals surface area contributed by atoms with E-state index in [1.165, 1.54) is 5.56 Å². The van der Waals surface area contributed by atoms with Crippen LogP contribution in [0.3, 0.4) is 0 Å². The van der Waals surface area contributed by atoms with Crippen LogP contribution in [0.15, 0.2) is 54.6 Å². The molecule has 0 bridgehead atoms. The van der Waals surface area contributed by atoms with Crippen LogP contribution in [0.4, 0.5) is 0 Å². The minimum Gasteiger partial charge on any atom is -0.481 e. The molecule has 1 fully saturated rings. The number of halogens is 1. The highest BCUT2D eigenvalue weighted by Gasteiger charge is 2.26. The number of carbonyl (C=O) groups excluding carboxylic acids is 1. The minimum absolute atomic E-state index is 0.0364. The normalized spacial score (nSPS) is 16.5. The fourth-order valence-electron chi connectivity index (χ4n) is 2.99. The zero-order valence-corrected chi connectivity index (χ0v) is 15.2. The monoisotopic (exact) mass is 358 g/mol. The van der Waals surface area contributed by atoms with Crippen LogP contribution < -0.4 is 4.74 Å². The molecule has 25 heavy (non-hydrogen) atoms. The van der Waals surface area contributed by atoms with Crippen molar-refractivity contribution in [2.75, 3.05) is 26.2 Å². The van der Waals surface area contributed by atoms with Crippen molar-refractivity contribution in [3.8, 4) is 5.75 Å². The largest absolute Gasteiger partial charge is 0.481 e. The molecule has 4 nitrogen and oxygen atoms in total. The first-order valence-corrected chi connectivity index (χ1v) is 8.97. The van der Waals surface area contributed by atoms with Gasteiger partial charge in [-0.15, -0.1) is 0 Å². The summed E-state index contributed by atoms with van der Waals surface area (Å²) >= 11 is 5.87. The third kappa shape index (κ3) is 4.97. The summed E-state index contributed by atoms with van der Waals surface area (Å²) in [5.41, 5.74) is 1.31. The zero-order chi connectivity index (χ0) is 17.6. The van der Waals surface area contributed by atoms with Gasteiger partial charge in [0, 0.05) is 37.7 Å². The fraction of sp³-hybridized carbons (Fsp3) is 0.350. The van der Waals surface area contributed by atoms with Crippen molar-refractivity contribution in [2.24, 2.45) is 0 Å². The van der Waals surface area contributed by atoms with Crippen LogP contribution >= 0.6 is 11.6 Å². The molecule has 132 valence electrons. The molecule has 1 heterocycles. The molecule has 0 aliphatic carbocycles. The van der Waals surface area contributed by atoms with Gasteiger partial charge < -0.3 is 9.64 Å². The second-order valence-electron chi connectivity index (χ2n) is 6.30. The molecule has 1 amide bonds. The van der Waals surface area contributed by atoms with E-state index in [2.05, 4.69) is 29.2 Å². The molecule has 0 spiro atoms. The second kappa shape index (κ2) is 8.37. The van der Waals surface area contributed by atoms with Crippen molar-refractivity contribution < 1.29 is 9.53 Å². The number of rotatable bonds is 5. The van der Waals surface area contributed by atoms with Gasteiger partial charge in [0.1, 0.15) is 5.75 Å². The van der Waals surface area contributed by atoms with Crippen molar-refractivity contribution >= 4 is 17.5 Å². The van der Waals surface area contributed by atoms with E-state index >= 15 is 0 Å². The summed E-state index contributed by atoms with van der Waals surface area (Å²) in [7, 11) is 0. The van der Waals surface area contributed by atoms with Crippen LogP contribution in [0.1, 0.15) is 12.5 Å². The van der Waals surface area contributed by atoms with E-state index in [-0.39, 0.29) is 5.91 Å². The molecule has 0 saturated carbocycles. The van der Waals surface area contributed by atoms with Crippen molar-refractivity contribution in [1.82, 2.24) is 9.80 Å². The molecule has 3 rings (SSSR count). The Labute approximate surface area is 154 Å². The van der Waals surface area contributed by atoms with Crippen molar-refractivity contribution in [1.29, 1.82) is 0 Å². The van der Waals surface area contributed by atoms with E-state index in [1.807, 2.05) is 11.0 Å². The molecule has 0 aromatic heterocycles. The number of hydrogen-bond acceptors (Lipinski definition) is 3. The van der Waals surface area contributed by atoms with Crippen LogP contribution in [-0.2, 0) is 11.3 Å². The number of ether oxygens (including phenoxy) is 1. The highest BCUT2D eigenvalue weighted by atomic mass is 35.5. The number of hydrogen-bond donors (Lipinski definition) is 0. The molecule has 0 N–H and O–H groups in total.